The van der Waals surface area contributed by atoms with Crippen molar-refractivity contribution in [1.82, 2.24) is 39.7 Å². The fourth-order valence-electron chi connectivity index (χ4n) is 4.69. The molecule has 0 fully saturated rings. The van der Waals surface area contributed by atoms with E-state index >= 15 is 0 Å². The lowest BCUT2D eigenvalue weighted by atomic mass is 9.98. The third kappa shape index (κ3) is 5.70. The number of tetrazole rings is 1. The van der Waals surface area contributed by atoms with Crippen LogP contribution in [0.1, 0.15) is 54.6 Å². The van der Waals surface area contributed by atoms with Gasteiger partial charge >= 0.3 is 11.9 Å². The number of aromatic amines is 1. The average Bonchev–Trinajstić information content (AvgIpc) is 3.78. The van der Waals surface area contributed by atoms with Crippen molar-refractivity contribution in [3.8, 4) is 28.2 Å². The van der Waals surface area contributed by atoms with Crippen LogP contribution in [0.25, 0.3) is 28.2 Å². The molecule has 1 atom stereocenters. The van der Waals surface area contributed by atoms with Gasteiger partial charge in [-0.3, -0.25) is 14.2 Å². The Hall–Kier alpha value is -4.69. The smallest absolute Gasteiger partial charge is 0.351 e. The summed E-state index contributed by atoms with van der Waals surface area (Å²) in [6.07, 6.45) is 4.32. The molecule has 1 aliphatic rings. The standard InChI is InChI=1S/C28H25ClN8O5S/c1-28(2,3)27(40)42-14-41-26(39)22-8-15(12-43-22)19-11-30-25(33-19)21-6-7-23-32-18(10-24(38)37(21)23)17-9-16(29)4-5-20(17)36-13-31-34-35-36/h4-5,8-13,21H,6-7,14H2,1-3H3,(H,30,33)/t21-/m0/s1. The Kier molecular flexibility index (Phi) is 7.40. The van der Waals surface area contributed by atoms with Crippen molar-refractivity contribution in [2.75, 3.05) is 6.79 Å². The van der Waals surface area contributed by atoms with Crippen molar-refractivity contribution in [1.29, 1.82) is 0 Å². The van der Waals surface area contributed by atoms with Crippen molar-refractivity contribution in [3.63, 3.8) is 0 Å². The number of hydrogen-bond donors (Lipinski definition) is 1. The van der Waals surface area contributed by atoms with E-state index in [1.54, 1.807) is 61.2 Å². The van der Waals surface area contributed by atoms with E-state index in [1.807, 2.05) is 0 Å². The first-order valence-corrected chi connectivity index (χ1v) is 14.5. The zero-order valence-electron chi connectivity index (χ0n) is 23.3. The molecule has 13 nitrogen and oxygen atoms in total. The normalized spacial score (nSPS) is 14.5. The molecule has 0 saturated carbocycles. The van der Waals surface area contributed by atoms with Crippen LogP contribution in [0.2, 0.25) is 5.02 Å². The molecule has 4 aromatic heterocycles. The van der Waals surface area contributed by atoms with Crippen LogP contribution in [0, 0.1) is 5.41 Å². The quantitative estimate of drug-likeness (QED) is 0.206. The number of fused-ring (bicyclic) bond motifs is 1. The van der Waals surface area contributed by atoms with Gasteiger partial charge < -0.3 is 14.5 Å². The van der Waals surface area contributed by atoms with Gasteiger partial charge in [0.15, 0.2) is 0 Å². The highest BCUT2D eigenvalue weighted by molar-refractivity contribution is 7.12. The number of carbonyl (C=O) groups excluding carboxylic acids is 2. The van der Waals surface area contributed by atoms with Gasteiger partial charge in [0, 0.05) is 34.0 Å². The van der Waals surface area contributed by atoms with Crippen LogP contribution in [-0.2, 0) is 20.7 Å². The van der Waals surface area contributed by atoms with Crippen LogP contribution in [0.15, 0.2) is 53.0 Å². The maximum Gasteiger partial charge on any atom is 0.351 e. The topological polar surface area (TPSA) is 160 Å². The maximum atomic E-state index is 13.4. The fraction of sp³-hybridized carbons (Fsp3) is 0.286. The van der Waals surface area contributed by atoms with E-state index in [4.69, 9.17) is 26.1 Å². The molecule has 0 aliphatic carbocycles. The van der Waals surface area contributed by atoms with E-state index in [-0.39, 0.29) is 11.6 Å². The molecular weight excluding hydrogens is 596 g/mol. The average molecular weight is 621 g/mol. The Bertz CT molecular complexity index is 1890. The van der Waals surface area contributed by atoms with E-state index in [2.05, 4.69) is 25.5 Å². The number of nitrogens with zero attached hydrogens (tertiary/aromatic N) is 7. The van der Waals surface area contributed by atoms with Crippen molar-refractivity contribution in [3.05, 3.63) is 80.1 Å². The number of aryl methyl sites for hydroxylation is 1. The number of aromatic nitrogens is 8. The highest BCUT2D eigenvalue weighted by Crippen LogP contribution is 2.33. The Morgan fingerprint density at radius 2 is 2.02 bits per heavy atom. The zero-order chi connectivity index (χ0) is 30.3. The number of ether oxygens (including phenoxy) is 2. The van der Waals surface area contributed by atoms with Gasteiger partial charge in [0.25, 0.3) is 5.56 Å². The van der Waals surface area contributed by atoms with Gasteiger partial charge in [0.1, 0.15) is 22.9 Å². The minimum atomic E-state index is -0.694. The molecule has 1 N–H and O–H groups in total. The molecule has 15 heteroatoms. The van der Waals surface area contributed by atoms with Crippen molar-refractivity contribution < 1.29 is 19.1 Å². The maximum absolute atomic E-state index is 13.4. The number of rotatable bonds is 7. The number of carbonyl (C=O) groups is 2. The number of hydrogen-bond acceptors (Lipinski definition) is 11. The molecule has 1 aromatic carbocycles. The molecule has 0 unspecified atom stereocenters. The molecule has 5 heterocycles. The molecule has 43 heavy (non-hydrogen) atoms. The number of esters is 2. The summed E-state index contributed by atoms with van der Waals surface area (Å²) in [5.41, 5.74) is 2.23. The van der Waals surface area contributed by atoms with Crippen molar-refractivity contribution in [2.45, 2.75) is 39.7 Å². The summed E-state index contributed by atoms with van der Waals surface area (Å²) in [7, 11) is 0. The van der Waals surface area contributed by atoms with Crippen molar-refractivity contribution >= 4 is 34.9 Å². The van der Waals surface area contributed by atoms with Crippen LogP contribution in [0.3, 0.4) is 0 Å². The van der Waals surface area contributed by atoms with Crippen LogP contribution in [0.5, 0.6) is 0 Å². The SMILES string of the molecule is CC(C)(C)C(=O)OCOC(=O)c1cc(-c2cnc([C@@H]3CCc4nc(-c5cc(Cl)ccc5-n5cnnn5)cc(=O)n43)[nH]2)cs1. The largest absolute Gasteiger partial charge is 0.427 e. The lowest BCUT2D eigenvalue weighted by Crippen LogP contribution is -2.25. The van der Waals surface area contributed by atoms with Gasteiger partial charge in [-0.25, -0.2) is 14.8 Å². The molecule has 220 valence electrons. The second kappa shape index (κ2) is 11.2. The van der Waals surface area contributed by atoms with Gasteiger partial charge in [-0.15, -0.1) is 16.4 Å². The number of halogens is 1. The molecule has 5 aromatic rings. The van der Waals surface area contributed by atoms with Crippen LogP contribution in [0.4, 0.5) is 0 Å². The summed E-state index contributed by atoms with van der Waals surface area (Å²) in [5, 5.41) is 13.6. The van der Waals surface area contributed by atoms with Crippen LogP contribution >= 0.6 is 22.9 Å². The fourth-order valence-corrected chi connectivity index (χ4v) is 5.66. The molecular formula is C28H25ClN8O5S. The lowest BCUT2D eigenvalue weighted by molar-refractivity contribution is -0.161. The molecule has 0 spiro atoms. The van der Waals surface area contributed by atoms with Gasteiger partial charge in [-0.2, -0.15) is 4.68 Å². The third-order valence-corrected chi connectivity index (χ3v) is 7.97. The molecule has 0 radical (unpaired) electrons. The van der Waals surface area contributed by atoms with Crippen LogP contribution < -0.4 is 5.56 Å². The van der Waals surface area contributed by atoms with Gasteiger partial charge in [0.05, 0.1) is 34.7 Å². The molecule has 0 bridgehead atoms. The van der Waals surface area contributed by atoms with E-state index in [0.717, 1.165) is 5.56 Å². The highest BCUT2D eigenvalue weighted by atomic mass is 35.5. The Labute approximate surface area is 253 Å². The van der Waals surface area contributed by atoms with E-state index in [1.165, 1.54) is 28.4 Å². The predicted octanol–water partition coefficient (Wildman–Crippen LogP) is 4.23. The highest BCUT2D eigenvalue weighted by Gasteiger charge is 2.29. The van der Waals surface area contributed by atoms with Crippen LogP contribution in [-0.4, -0.2) is 58.5 Å². The second-order valence-corrected chi connectivity index (χ2v) is 12.2. The summed E-state index contributed by atoms with van der Waals surface area (Å²) in [5.74, 6) is 0.168. The predicted molar refractivity (Wildman–Crippen MR) is 156 cm³/mol. The lowest BCUT2D eigenvalue weighted by Gasteiger charge is -2.16. The molecule has 0 saturated heterocycles. The summed E-state index contributed by atoms with van der Waals surface area (Å²) in [6, 6.07) is 8.03. The molecule has 6 rings (SSSR count). The second-order valence-electron chi connectivity index (χ2n) is 10.8. The number of H-pyrrole nitrogens is 1. The van der Waals surface area contributed by atoms with Gasteiger partial charge in [-0.05, 0) is 61.9 Å². The number of benzene rings is 1. The van der Waals surface area contributed by atoms with Crippen molar-refractivity contribution in [2.24, 2.45) is 5.41 Å². The first-order chi connectivity index (χ1) is 20.6. The molecule has 0 amide bonds. The summed E-state index contributed by atoms with van der Waals surface area (Å²) in [6.45, 7) is 4.68. The summed E-state index contributed by atoms with van der Waals surface area (Å²) in [4.78, 5) is 50.7. The number of nitrogens with one attached hydrogen (secondary N) is 1. The molecule has 1 aliphatic heterocycles. The Morgan fingerprint density at radius 3 is 2.79 bits per heavy atom. The third-order valence-electron chi connectivity index (χ3n) is 6.82. The van der Waals surface area contributed by atoms with E-state index in [0.29, 0.717) is 57.0 Å². The summed E-state index contributed by atoms with van der Waals surface area (Å²) < 4.78 is 13.2. The zero-order valence-corrected chi connectivity index (χ0v) is 24.8. The number of thiophene rings is 1. The minimum absolute atomic E-state index is 0.226. The number of imidazole rings is 1. The van der Waals surface area contributed by atoms with Gasteiger partial charge in [-0.1, -0.05) is 11.6 Å². The first kappa shape index (κ1) is 28.4. The Morgan fingerprint density at radius 1 is 1.19 bits per heavy atom. The van der Waals surface area contributed by atoms with Gasteiger partial charge in [0.2, 0.25) is 6.79 Å². The Balaban J connectivity index is 1.20. The first-order valence-electron chi connectivity index (χ1n) is 13.2. The minimum Gasteiger partial charge on any atom is -0.427 e. The monoisotopic (exact) mass is 620 g/mol. The summed E-state index contributed by atoms with van der Waals surface area (Å²) >= 11 is 7.48. The van der Waals surface area contributed by atoms with E-state index in [9.17, 15) is 14.4 Å². The van der Waals surface area contributed by atoms with E-state index < -0.39 is 24.1 Å².